The van der Waals surface area contributed by atoms with Gasteiger partial charge in [-0.05, 0) is 23.8 Å². The van der Waals surface area contributed by atoms with E-state index >= 15 is 0 Å². The van der Waals surface area contributed by atoms with Crippen LogP contribution in [0.5, 0.6) is 11.5 Å². The maximum atomic E-state index is 6.03. The molecule has 0 saturated carbocycles. The predicted octanol–water partition coefficient (Wildman–Crippen LogP) is 4.22. The fourth-order valence-corrected chi connectivity index (χ4v) is 2.32. The third-order valence-corrected chi connectivity index (χ3v) is 3.42. The molecule has 1 heterocycles. The predicted molar refractivity (Wildman–Crippen MR) is 79.2 cm³/mol. The minimum absolute atomic E-state index is 0.459. The molecule has 0 saturated heterocycles. The van der Waals surface area contributed by atoms with E-state index in [2.05, 4.69) is 20.9 Å². The van der Waals surface area contributed by atoms with Crippen molar-refractivity contribution in [2.75, 3.05) is 7.11 Å². The molecule has 5 heteroatoms. The molecule has 100 valence electrons. The summed E-state index contributed by atoms with van der Waals surface area (Å²) in [6, 6.07) is 7.43. The molecule has 2 rings (SSSR count). The van der Waals surface area contributed by atoms with Gasteiger partial charge < -0.3 is 9.47 Å². The van der Waals surface area contributed by atoms with Gasteiger partial charge in [0.2, 0.25) is 0 Å². The molecule has 0 bridgehead atoms. The first-order valence-corrected chi connectivity index (χ1v) is 7.18. The van der Waals surface area contributed by atoms with Crippen LogP contribution in [0.4, 0.5) is 0 Å². The number of rotatable bonds is 5. The smallest absolute Gasteiger partial charge is 0.165 e. The maximum absolute atomic E-state index is 6.03. The average molecular weight is 343 g/mol. The summed E-state index contributed by atoms with van der Waals surface area (Å²) < 4.78 is 11.2. The zero-order valence-electron chi connectivity index (χ0n) is 10.4. The van der Waals surface area contributed by atoms with Gasteiger partial charge in [-0.15, -0.1) is 0 Å². The lowest BCUT2D eigenvalue weighted by molar-refractivity contribution is 0.282. The van der Waals surface area contributed by atoms with E-state index in [0.29, 0.717) is 28.5 Å². The molecular formula is C14H13BrClNO2. The Bertz CT molecular complexity index is 523. The number of halogens is 2. The second-order valence-electron chi connectivity index (χ2n) is 3.87. The van der Waals surface area contributed by atoms with Crippen molar-refractivity contribution in [3.8, 4) is 11.5 Å². The van der Waals surface area contributed by atoms with Crippen molar-refractivity contribution in [3.63, 3.8) is 0 Å². The van der Waals surface area contributed by atoms with Crippen LogP contribution < -0.4 is 9.47 Å². The zero-order valence-corrected chi connectivity index (χ0v) is 12.7. The highest BCUT2D eigenvalue weighted by molar-refractivity contribution is 9.08. The maximum Gasteiger partial charge on any atom is 0.165 e. The van der Waals surface area contributed by atoms with Gasteiger partial charge in [-0.25, -0.2) is 0 Å². The Morgan fingerprint density at radius 2 is 2.00 bits per heavy atom. The van der Waals surface area contributed by atoms with E-state index in [9.17, 15) is 0 Å². The standard InChI is InChI=1S/C14H13BrClNO2/c1-18-13-7-12(16)6-11(8-15)14(13)19-9-10-2-4-17-5-3-10/h2-7H,8-9H2,1H3. The minimum atomic E-state index is 0.459. The van der Waals surface area contributed by atoms with Crippen LogP contribution in [0.25, 0.3) is 0 Å². The fourth-order valence-electron chi connectivity index (χ4n) is 1.67. The van der Waals surface area contributed by atoms with E-state index in [4.69, 9.17) is 21.1 Å². The van der Waals surface area contributed by atoms with Gasteiger partial charge in [-0.2, -0.15) is 0 Å². The lowest BCUT2D eigenvalue weighted by Crippen LogP contribution is -2.00. The van der Waals surface area contributed by atoms with Crippen LogP contribution in [0.2, 0.25) is 5.02 Å². The second kappa shape index (κ2) is 6.78. The first-order valence-electron chi connectivity index (χ1n) is 5.68. The number of aromatic nitrogens is 1. The molecule has 0 aliphatic carbocycles. The normalized spacial score (nSPS) is 10.3. The van der Waals surface area contributed by atoms with Crippen LogP contribution in [0, 0.1) is 0 Å². The summed E-state index contributed by atoms with van der Waals surface area (Å²) >= 11 is 9.46. The summed E-state index contributed by atoms with van der Waals surface area (Å²) in [5.74, 6) is 1.34. The van der Waals surface area contributed by atoms with Crippen LogP contribution >= 0.6 is 27.5 Å². The van der Waals surface area contributed by atoms with Gasteiger partial charge in [-0.3, -0.25) is 4.98 Å². The highest BCUT2D eigenvalue weighted by atomic mass is 79.9. The van der Waals surface area contributed by atoms with Crippen molar-refractivity contribution in [2.24, 2.45) is 0 Å². The van der Waals surface area contributed by atoms with E-state index < -0.39 is 0 Å². The van der Waals surface area contributed by atoms with Gasteiger partial charge in [-0.1, -0.05) is 27.5 Å². The molecule has 0 N–H and O–H groups in total. The number of hydrogen-bond acceptors (Lipinski definition) is 3. The molecule has 19 heavy (non-hydrogen) atoms. The van der Waals surface area contributed by atoms with Gasteiger partial charge in [0.1, 0.15) is 6.61 Å². The van der Waals surface area contributed by atoms with Crippen molar-refractivity contribution in [1.82, 2.24) is 4.98 Å². The van der Waals surface area contributed by atoms with E-state index in [1.54, 1.807) is 25.6 Å². The van der Waals surface area contributed by atoms with Crippen molar-refractivity contribution in [3.05, 3.63) is 52.8 Å². The summed E-state index contributed by atoms with van der Waals surface area (Å²) in [5.41, 5.74) is 2.01. The molecule has 0 radical (unpaired) electrons. The molecule has 1 aromatic carbocycles. The lowest BCUT2D eigenvalue weighted by atomic mass is 10.2. The molecule has 3 nitrogen and oxygen atoms in total. The van der Waals surface area contributed by atoms with Crippen molar-refractivity contribution < 1.29 is 9.47 Å². The third-order valence-electron chi connectivity index (χ3n) is 2.59. The lowest BCUT2D eigenvalue weighted by Gasteiger charge is -2.14. The quantitative estimate of drug-likeness (QED) is 0.763. The number of methoxy groups -OCH3 is 1. The number of hydrogen-bond donors (Lipinski definition) is 0. The van der Waals surface area contributed by atoms with Gasteiger partial charge in [0.15, 0.2) is 11.5 Å². The van der Waals surface area contributed by atoms with Gasteiger partial charge in [0.25, 0.3) is 0 Å². The molecule has 1 aromatic heterocycles. The van der Waals surface area contributed by atoms with Crippen molar-refractivity contribution >= 4 is 27.5 Å². The Morgan fingerprint density at radius 3 is 2.63 bits per heavy atom. The van der Waals surface area contributed by atoms with Crippen molar-refractivity contribution in [1.29, 1.82) is 0 Å². The molecule has 0 spiro atoms. The number of ether oxygens (including phenoxy) is 2. The first kappa shape index (κ1) is 14.2. The third kappa shape index (κ3) is 3.61. The molecule has 0 unspecified atom stereocenters. The first-order chi connectivity index (χ1) is 9.24. The Labute approximate surface area is 125 Å². The summed E-state index contributed by atoms with van der Waals surface area (Å²) in [5, 5.41) is 1.28. The Kier molecular flexibility index (Phi) is 5.05. The van der Waals surface area contributed by atoms with Crippen LogP contribution in [0.3, 0.4) is 0 Å². The van der Waals surface area contributed by atoms with E-state index in [1.807, 2.05) is 18.2 Å². The van der Waals surface area contributed by atoms with Gasteiger partial charge >= 0.3 is 0 Å². The van der Waals surface area contributed by atoms with Crippen molar-refractivity contribution in [2.45, 2.75) is 11.9 Å². The highest BCUT2D eigenvalue weighted by Gasteiger charge is 2.12. The summed E-state index contributed by atoms with van der Waals surface area (Å²) in [6.45, 7) is 0.459. The molecule has 0 amide bonds. The average Bonchev–Trinajstić information content (AvgIpc) is 2.46. The van der Waals surface area contributed by atoms with Crippen LogP contribution in [0.15, 0.2) is 36.7 Å². The summed E-state index contributed by atoms with van der Waals surface area (Å²) in [7, 11) is 1.60. The molecule has 0 atom stereocenters. The van der Waals surface area contributed by atoms with Crippen LogP contribution in [-0.4, -0.2) is 12.1 Å². The van der Waals surface area contributed by atoms with Crippen LogP contribution in [0.1, 0.15) is 11.1 Å². The zero-order chi connectivity index (χ0) is 13.7. The SMILES string of the molecule is COc1cc(Cl)cc(CBr)c1OCc1ccncc1. The number of benzene rings is 1. The number of pyridine rings is 1. The summed E-state index contributed by atoms with van der Waals surface area (Å²) in [4.78, 5) is 3.97. The molecule has 0 aliphatic rings. The minimum Gasteiger partial charge on any atom is -0.493 e. The Hall–Kier alpha value is -1.26. The van der Waals surface area contributed by atoms with Crippen LogP contribution in [-0.2, 0) is 11.9 Å². The van der Waals surface area contributed by atoms with E-state index in [0.717, 1.165) is 11.1 Å². The highest BCUT2D eigenvalue weighted by Crippen LogP contribution is 2.36. The number of alkyl halides is 1. The topological polar surface area (TPSA) is 31.4 Å². The molecular weight excluding hydrogens is 330 g/mol. The van der Waals surface area contributed by atoms with Gasteiger partial charge in [0, 0.05) is 34.4 Å². The van der Waals surface area contributed by atoms with E-state index in [-0.39, 0.29) is 0 Å². The van der Waals surface area contributed by atoms with Gasteiger partial charge in [0.05, 0.1) is 7.11 Å². The Morgan fingerprint density at radius 1 is 1.26 bits per heavy atom. The van der Waals surface area contributed by atoms with E-state index in [1.165, 1.54) is 0 Å². The largest absolute Gasteiger partial charge is 0.493 e. The summed E-state index contributed by atoms with van der Waals surface area (Å²) in [6.07, 6.45) is 3.48. The molecule has 0 fully saturated rings. The fraction of sp³-hybridized carbons (Fsp3) is 0.214. The monoisotopic (exact) mass is 341 g/mol. The molecule has 0 aliphatic heterocycles. The molecule has 2 aromatic rings. The Balaban J connectivity index is 2.23. The second-order valence-corrected chi connectivity index (χ2v) is 4.87. The number of nitrogens with zero attached hydrogens (tertiary/aromatic N) is 1.